The molecule has 1 aromatic rings. The van der Waals surface area contributed by atoms with Crippen LogP contribution in [0.5, 0.6) is 0 Å². The van der Waals surface area contributed by atoms with Gasteiger partial charge in [-0.1, -0.05) is 5.57 Å². The minimum Gasteiger partial charge on any atom is -0.444 e. The van der Waals surface area contributed by atoms with Crippen LogP contribution in [0.3, 0.4) is 0 Å². The van der Waals surface area contributed by atoms with Crippen molar-refractivity contribution >= 4 is 29.7 Å². The average molecular weight is 570 g/mol. The highest BCUT2D eigenvalue weighted by atomic mass is 16.6. The summed E-state index contributed by atoms with van der Waals surface area (Å²) in [5.41, 5.74) is 0.960. The minimum absolute atomic E-state index is 0.116. The number of anilines is 2. The summed E-state index contributed by atoms with van der Waals surface area (Å²) in [6.07, 6.45) is 6.35. The molecule has 0 bridgehead atoms. The first-order valence-electron chi connectivity index (χ1n) is 14.6. The Bertz CT molecular complexity index is 1230. The minimum atomic E-state index is -0.713. The number of hydrogen-bond acceptors (Lipinski definition) is 7. The molecule has 41 heavy (non-hydrogen) atoms. The van der Waals surface area contributed by atoms with E-state index in [1.165, 1.54) is 5.57 Å². The smallest absolute Gasteiger partial charge is 0.410 e. The van der Waals surface area contributed by atoms with E-state index in [1.807, 2.05) is 43.3 Å². The van der Waals surface area contributed by atoms with Crippen LogP contribution in [-0.2, 0) is 20.8 Å². The van der Waals surface area contributed by atoms with Crippen LogP contribution in [-0.4, -0.2) is 96.2 Å². The van der Waals surface area contributed by atoms with Gasteiger partial charge in [0.2, 0.25) is 5.91 Å². The molecule has 1 aromatic heterocycles. The fourth-order valence-electron chi connectivity index (χ4n) is 6.13. The summed E-state index contributed by atoms with van der Waals surface area (Å²) in [7, 11) is 1.56. The molecule has 1 unspecified atom stereocenters. The fraction of sp³-hybridized carbons (Fsp3) is 0.655. The molecular weight excluding hydrogens is 526 g/mol. The normalized spacial score (nSPS) is 23.5. The number of urea groups is 1. The van der Waals surface area contributed by atoms with Crippen molar-refractivity contribution in [2.24, 2.45) is 11.3 Å². The van der Waals surface area contributed by atoms with Crippen LogP contribution >= 0.6 is 0 Å². The van der Waals surface area contributed by atoms with E-state index in [0.29, 0.717) is 58.2 Å². The highest BCUT2D eigenvalue weighted by molar-refractivity contribution is 5.89. The van der Waals surface area contributed by atoms with E-state index in [9.17, 15) is 14.4 Å². The molecule has 12 heteroatoms. The van der Waals surface area contributed by atoms with Crippen molar-refractivity contribution in [3.05, 3.63) is 29.5 Å². The number of nitrogens with zero attached hydrogens (tertiary/aromatic N) is 5. The van der Waals surface area contributed by atoms with Gasteiger partial charge in [0, 0.05) is 51.5 Å². The number of morpholine rings is 1. The van der Waals surface area contributed by atoms with Crippen molar-refractivity contribution in [2.45, 2.75) is 59.1 Å². The summed E-state index contributed by atoms with van der Waals surface area (Å²) < 4.78 is 13.0. The third-order valence-corrected chi connectivity index (χ3v) is 8.18. The van der Waals surface area contributed by atoms with Gasteiger partial charge >= 0.3 is 12.1 Å². The van der Waals surface area contributed by atoms with Crippen molar-refractivity contribution in [3.63, 3.8) is 0 Å². The predicted octanol–water partition coefficient (Wildman–Crippen LogP) is 3.18. The largest absolute Gasteiger partial charge is 0.444 e. The van der Waals surface area contributed by atoms with E-state index in [0.717, 1.165) is 30.9 Å². The van der Waals surface area contributed by atoms with Gasteiger partial charge in [-0.25, -0.2) is 14.3 Å². The zero-order valence-corrected chi connectivity index (χ0v) is 24.9. The molecule has 0 spiro atoms. The number of allylic oxidation sites excluding steroid dienone is 2. The van der Waals surface area contributed by atoms with E-state index in [2.05, 4.69) is 32.8 Å². The van der Waals surface area contributed by atoms with Crippen molar-refractivity contribution in [1.29, 1.82) is 0 Å². The summed E-state index contributed by atoms with van der Waals surface area (Å²) in [6.45, 7) is 12.6. The van der Waals surface area contributed by atoms with Crippen LogP contribution < -0.4 is 15.5 Å². The van der Waals surface area contributed by atoms with Gasteiger partial charge in [0.1, 0.15) is 11.4 Å². The van der Waals surface area contributed by atoms with Gasteiger partial charge in [0.25, 0.3) is 0 Å². The molecule has 4 amide bonds. The number of piperidine rings is 1. The number of carbonyl (C=O) groups is 3. The number of fused-ring (bicyclic) bond motifs is 1. The Morgan fingerprint density at radius 1 is 1.05 bits per heavy atom. The Labute approximate surface area is 241 Å². The molecular formula is C29H43N7O5. The Hall–Kier alpha value is -3.54. The van der Waals surface area contributed by atoms with Crippen molar-refractivity contribution in [3.8, 4) is 0 Å². The lowest BCUT2D eigenvalue weighted by Crippen LogP contribution is -2.48. The van der Waals surface area contributed by atoms with E-state index in [1.54, 1.807) is 11.9 Å². The topological polar surface area (TPSA) is 121 Å². The first kappa shape index (κ1) is 29.0. The van der Waals surface area contributed by atoms with Crippen molar-refractivity contribution < 1.29 is 23.9 Å². The summed E-state index contributed by atoms with van der Waals surface area (Å²) in [5, 5.41) is 9.85. The highest BCUT2D eigenvalue weighted by Crippen LogP contribution is 2.43. The molecule has 3 aliphatic heterocycles. The van der Waals surface area contributed by atoms with Crippen LogP contribution in [0.25, 0.3) is 0 Å². The maximum absolute atomic E-state index is 14.0. The Morgan fingerprint density at radius 2 is 1.76 bits per heavy atom. The number of aromatic nitrogens is 2. The number of rotatable bonds is 4. The van der Waals surface area contributed by atoms with Crippen LogP contribution in [0.2, 0.25) is 0 Å². The number of likely N-dealkylation sites (tertiary alicyclic amines) is 1. The summed E-state index contributed by atoms with van der Waals surface area (Å²) in [6, 6.07) is 1.54. The summed E-state index contributed by atoms with van der Waals surface area (Å²) >= 11 is 0. The van der Waals surface area contributed by atoms with E-state index < -0.39 is 11.0 Å². The van der Waals surface area contributed by atoms with Gasteiger partial charge in [-0.2, -0.15) is 5.10 Å². The van der Waals surface area contributed by atoms with Gasteiger partial charge in [0.05, 0.1) is 25.2 Å². The molecule has 0 saturated carbocycles. The molecule has 224 valence electrons. The molecule has 1 atom stereocenters. The number of nitrogens with one attached hydrogen (secondary N) is 2. The summed E-state index contributed by atoms with van der Waals surface area (Å²) in [4.78, 5) is 44.4. The molecule has 2 fully saturated rings. The molecule has 4 aliphatic rings. The Balaban J connectivity index is 1.40. The van der Waals surface area contributed by atoms with Gasteiger partial charge in [0.15, 0.2) is 5.82 Å². The lowest BCUT2D eigenvalue weighted by atomic mass is 9.72. The maximum atomic E-state index is 14.0. The number of amides is 4. The van der Waals surface area contributed by atoms with Crippen LogP contribution in [0.15, 0.2) is 29.5 Å². The third kappa shape index (κ3) is 6.37. The molecule has 4 heterocycles. The van der Waals surface area contributed by atoms with Gasteiger partial charge < -0.3 is 29.5 Å². The van der Waals surface area contributed by atoms with Crippen LogP contribution in [0, 0.1) is 11.3 Å². The van der Waals surface area contributed by atoms with Crippen LogP contribution in [0.4, 0.5) is 21.2 Å². The predicted molar refractivity (Wildman–Crippen MR) is 154 cm³/mol. The number of carbonyl (C=O) groups excluding carboxylic acids is 3. The molecule has 2 saturated heterocycles. The molecule has 2 N–H and O–H groups in total. The second-order valence-corrected chi connectivity index (χ2v) is 12.5. The lowest BCUT2D eigenvalue weighted by Gasteiger charge is -2.41. The monoisotopic (exact) mass is 569 g/mol. The Morgan fingerprint density at radius 3 is 2.41 bits per heavy atom. The van der Waals surface area contributed by atoms with Gasteiger partial charge in [-0.05, 0) is 65.0 Å². The molecule has 0 radical (unpaired) electrons. The molecule has 5 rings (SSSR count). The quantitative estimate of drug-likeness (QED) is 0.571. The zero-order chi connectivity index (χ0) is 29.4. The molecule has 0 aromatic carbocycles. The second-order valence-electron chi connectivity index (χ2n) is 12.5. The number of ether oxygens (including phenoxy) is 2. The fourth-order valence-corrected chi connectivity index (χ4v) is 6.13. The zero-order valence-electron chi connectivity index (χ0n) is 24.9. The van der Waals surface area contributed by atoms with E-state index >= 15 is 0 Å². The number of hydrogen-bond donors (Lipinski definition) is 2. The maximum Gasteiger partial charge on any atom is 0.410 e. The van der Waals surface area contributed by atoms with Crippen LogP contribution in [0.1, 0.15) is 47.0 Å². The SMILES string of the molecule is CNC(=O)Nc1cc2n(n1)CCN2C1=CC(C)(C(=O)N2CCOCC2)CC(C2CCN(C(=O)OC(C)(C)C)CC2)=C1. The lowest BCUT2D eigenvalue weighted by molar-refractivity contribution is -0.143. The van der Waals surface area contributed by atoms with Crippen molar-refractivity contribution in [2.75, 3.05) is 63.2 Å². The van der Waals surface area contributed by atoms with Crippen molar-refractivity contribution in [1.82, 2.24) is 24.9 Å². The first-order chi connectivity index (χ1) is 19.5. The third-order valence-electron chi connectivity index (χ3n) is 8.18. The van der Waals surface area contributed by atoms with E-state index in [-0.39, 0.29) is 23.9 Å². The van der Waals surface area contributed by atoms with E-state index in [4.69, 9.17) is 9.47 Å². The van der Waals surface area contributed by atoms with Gasteiger partial charge in [-0.15, -0.1) is 0 Å². The Kier molecular flexibility index (Phi) is 8.04. The standard InChI is InChI=1S/C29H43N7O5/c1-28(2,3)41-27(39)34-8-6-20(7-9-34)21-16-22(19-29(4,18-21)25(37)33-12-14-40-15-13-33)35-10-11-36-24(35)17-23(32-36)31-26(38)30-5/h16-17,19-20H,6-15,18H2,1-5H3,(H2,30,31,32,38). The average Bonchev–Trinajstić information content (AvgIpc) is 3.52. The molecule has 1 aliphatic carbocycles. The first-order valence-corrected chi connectivity index (χ1v) is 14.6. The highest BCUT2D eigenvalue weighted by Gasteiger charge is 2.42. The summed E-state index contributed by atoms with van der Waals surface area (Å²) in [5.74, 6) is 1.73. The second kappa shape index (κ2) is 11.4. The van der Waals surface area contributed by atoms with Gasteiger partial charge in [-0.3, -0.25) is 10.1 Å². The molecule has 12 nitrogen and oxygen atoms in total.